The van der Waals surface area contributed by atoms with Crippen molar-refractivity contribution in [2.24, 2.45) is 10.4 Å². The highest BCUT2D eigenvalue weighted by molar-refractivity contribution is 5.96. The predicted molar refractivity (Wildman–Crippen MR) is 111 cm³/mol. The van der Waals surface area contributed by atoms with Crippen molar-refractivity contribution in [3.8, 4) is 11.4 Å². The smallest absolute Gasteiger partial charge is 0.337 e. The van der Waals surface area contributed by atoms with E-state index >= 15 is 0 Å². The molecule has 6 heteroatoms. The summed E-state index contributed by atoms with van der Waals surface area (Å²) in [6.07, 6.45) is 0. The standard InChI is InChI=1S/C22H25N3O3/c1-14(22(2,3)4)23-20-18-13-17(27-5)11-12-19(18)24-25(20)16-9-7-15(8-10-16)21(26)28-6/h7-13H,1-6H3/b23-14-. The van der Waals surface area contributed by atoms with Gasteiger partial charge in [0.2, 0.25) is 0 Å². The number of hydrogen-bond donors (Lipinski definition) is 0. The summed E-state index contributed by atoms with van der Waals surface area (Å²) in [6.45, 7) is 8.39. The van der Waals surface area contributed by atoms with E-state index in [0.29, 0.717) is 5.56 Å². The molecule has 6 nitrogen and oxygen atoms in total. The maximum Gasteiger partial charge on any atom is 0.337 e. The minimum Gasteiger partial charge on any atom is -0.497 e. The zero-order valence-electron chi connectivity index (χ0n) is 17.1. The van der Waals surface area contributed by atoms with Crippen molar-refractivity contribution >= 4 is 28.4 Å². The van der Waals surface area contributed by atoms with Crippen LogP contribution < -0.4 is 4.74 Å². The summed E-state index contributed by atoms with van der Waals surface area (Å²) < 4.78 is 11.9. The second kappa shape index (κ2) is 7.46. The molecule has 0 unspecified atom stereocenters. The van der Waals surface area contributed by atoms with E-state index in [1.165, 1.54) is 7.11 Å². The number of aromatic nitrogens is 2. The third kappa shape index (κ3) is 3.76. The minimum absolute atomic E-state index is 0.0744. The van der Waals surface area contributed by atoms with E-state index in [2.05, 4.69) is 20.8 Å². The topological polar surface area (TPSA) is 65.7 Å². The lowest BCUT2D eigenvalue weighted by molar-refractivity contribution is 0.0600. The second-order valence-electron chi connectivity index (χ2n) is 7.60. The van der Waals surface area contributed by atoms with Crippen LogP contribution in [0.15, 0.2) is 47.5 Å². The molecule has 0 aliphatic rings. The average molecular weight is 379 g/mol. The van der Waals surface area contributed by atoms with Crippen LogP contribution in [0.5, 0.6) is 5.75 Å². The normalized spacial score (nSPS) is 12.3. The molecule has 0 amide bonds. The van der Waals surface area contributed by atoms with Crippen LogP contribution in [0, 0.1) is 5.41 Å². The molecular weight excluding hydrogens is 354 g/mol. The molecule has 0 atom stereocenters. The first-order valence-corrected chi connectivity index (χ1v) is 9.06. The molecule has 146 valence electrons. The van der Waals surface area contributed by atoms with Crippen LogP contribution in [0.4, 0.5) is 5.82 Å². The average Bonchev–Trinajstić information content (AvgIpc) is 3.04. The number of esters is 1. The van der Waals surface area contributed by atoms with Crippen molar-refractivity contribution in [2.45, 2.75) is 27.7 Å². The van der Waals surface area contributed by atoms with Crippen molar-refractivity contribution < 1.29 is 14.3 Å². The maximum absolute atomic E-state index is 11.7. The lowest BCUT2D eigenvalue weighted by Gasteiger charge is -2.18. The van der Waals surface area contributed by atoms with Gasteiger partial charge in [-0.05, 0) is 49.4 Å². The Morgan fingerprint density at radius 1 is 1.07 bits per heavy atom. The van der Waals surface area contributed by atoms with Crippen molar-refractivity contribution in [3.63, 3.8) is 0 Å². The summed E-state index contributed by atoms with van der Waals surface area (Å²) in [6, 6.07) is 12.8. The van der Waals surface area contributed by atoms with Crippen molar-refractivity contribution in [3.05, 3.63) is 48.0 Å². The van der Waals surface area contributed by atoms with Gasteiger partial charge in [0.15, 0.2) is 5.82 Å². The third-order valence-electron chi connectivity index (χ3n) is 4.74. The zero-order valence-corrected chi connectivity index (χ0v) is 17.1. The van der Waals surface area contributed by atoms with Crippen LogP contribution in [-0.2, 0) is 4.74 Å². The van der Waals surface area contributed by atoms with Crippen molar-refractivity contribution in [1.29, 1.82) is 0 Å². The van der Waals surface area contributed by atoms with Gasteiger partial charge in [-0.3, -0.25) is 0 Å². The number of rotatable bonds is 4. The summed E-state index contributed by atoms with van der Waals surface area (Å²) in [5, 5.41) is 5.63. The van der Waals surface area contributed by atoms with E-state index in [4.69, 9.17) is 19.6 Å². The molecule has 0 saturated heterocycles. The van der Waals surface area contributed by atoms with Gasteiger partial charge in [-0.2, -0.15) is 5.10 Å². The maximum atomic E-state index is 11.7. The van der Waals surface area contributed by atoms with Crippen LogP contribution in [0.2, 0.25) is 0 Å². The summed E-state index contributed by atoms with van der Waals surface area (Å²) in [5.74, 6) is 1.11. The summed E-state index contributed by atoms with van der Waals surface area (Å²) in [7, 11) is 3.01. The Bertz CT molecular complexity index is 1040. The zero-order chi connectivity index (χ0) is 20.5. The van der Waals surface area contributed by atoms with Crippen molar-refractivity contribution in [1.82, 2.24) is 9.78 Å². The predicted octanol–water partition coefficient (Wildman–Crippen LogP) is 4.96. The fraction of sp³-hybridized carbons (Fsp3) is 0.318. The van der Waals surface area contributed by atoms with E-state index in [0.717, 1.165) is 33.9 Å². The first-order chi connectivity index (χ1) is 13.2. The fourth-order valence-electron chi connectivity index (χ4n) is 2.65. The van der Waals surface area contributed by atoms with Gasteiger partial charge in [-0.25, -0.2) is 14.5 Å². The molecule has 28 heavy (non-hydrogen) atoms. The quantitative estimate of drug-likeness (QED) is 0.475. The molecular formula is C22H25N3O3. The largest absolute Gasteiger partial charge is 0.497 e. The molecule has 0 radical (unpaired) electrons. The fourth-order valence-corrected chi connectivity index (χ4v) is 2.65. The number of benzene rings is 2. The van der Waals surface area contributed by atoms with E-state index in [1.54, 1.807) is 23.9 Å². The molecule has 1 aromatic heterocycles. The first kappa shape index (κ1) is 19.6. The van der Waals surface area contributed by atoms with Gasteiger partial charge in [0.25, 0.3) is 0 Å². The van der Waals surface area contributed by atoms with Crippen LogP contribution in [0.25, 0.3) is 16.6 Å². The van der Waals surface area contributed by atoms with Gasteiger partial charge in [0.05, 0.1) is 36.4 Å². The van der Waals surface area contributed by atoms with Gasteiger partial charge >= 0.3 is 5.97 Å². The molecule has 0 fully saturated rings. The Hall–Kier alpha value is -3.15. The Morgan fingerprint density at radius 2 is 1.75 bits per heavy atom. The number of ether oxygens (including phenoxy) is 2. The van der Waals surface area contributed by atoms with Gasteiger partial charge < -0.3 is 9.47 Å². The summed E-state index contributed by atoms with van der Waals surface area (Å²) in [4.78, 5) is 16.6. The van der Waals surface area contributed by atoms with E-state index < -0.39 is 0 Å². The number of carbonyl (C=O) groups is 1. The summed E-state index contributed by atoms with van der Waals surface area (Å²) >= 11 is 0. The molecule has 0 saturated carbocycles. The molecule has 0 bridgehead atoms. The molecule has 1 heterocycles. The number of fused-ring (bicyclic) bond motifs is 1. The van der Waals surface area contributed by atoms with E-state index in [9.17, 15) is 4.79 Å². The SMILES string of the molecule is COC(=O)c1ccc(-n2nc3ccc(OC)cc3c2/N=C(/C)C(C)(C)C)cc1. The number of nitrogens with zero attached hydrogens (tertiary/aromatic N) is 3. The lowest BCUT2D eigenvalue weighted by atomic mass is 9.91. The monoisotopic (exact) mass is 379 g/mol. The van der Waals surface area contributed by atoms with Gasteiger partial charge in [0.1, 0.15) is 5.75 Å². The number of methoxy groups -OCH3 is 2. The molecule has 0 spiro atoms. The number of carbonyl (C=O) groups excluding carboxylic acids is 1. The second-order valence-corrected chi connectivity index (χ2v) is 7.60. The van der Waals surface area contributed by atoms with Gasteiger partial charge in [-0.15, -0.1) is 0 Å². The molecule has 2 aromatic carbocycles. The van der Waals surface area contributed by atoms with Crippen LogP contribution in [0.3, 0.4) is 0 Å². The Kier molecular flexibility index (Phi) is 5.23. The first-order valence-electron chi connectivity index (χ1n) is 9.06. The third-order valence-corrected chi connectivity index (χ3v) is 4.74. The summed E-state index contributed by atoms with van der Waals surface area (Å²) in [5.41, 5.74) is 3.03. The van der Waals surface area contributed by atoms with Crippen LogP contribution in [-0.4, -0.2) is 35.7 Å². The van der Waals surface area contributed by atoms with E-state index in [-0.39, 0.29) is 11.4 Å². The van der Waals surface area contributed by atoms with Gasteiger partial charge in [-0.1, -0.05) is 20.8 Å². The Balaban J connectivity index is 2.21. The van der Waals surface area contributed by atoms with Crippen LogP contribution in [0.1, 0.15) is 38.1 Å². The molecule has 0 aliphatic heterocycles. The molecule has 0 N–H and O–H groups in total. The Morgan fingerprint density at radius 3 is 2.32 bits per heavy atom. The highest BCUT2D eigenvalue weighted by Gasteiger charge is 2.19. The molecule has 3 aromatic rings. The minimum atomic E-state index is -0.372. The van der Waals surface area contributed by atoms with E-state index in [1.807, 2.05) is 37.3 Å². The lowest BCUT2D eigenvalue weighted by Crippen LogP contribution is -2.16. The molecule has 0 aliphatic carbocycles. The highest BCUT2D eigenvalue weighted by atomic mass is 16.5. The van der Waals surface area contributed by atoms with Crippen molar-refractivity contribution in [2.75, 3.05) is 14.2 Å². The number of hydrogen-bond acceptors (Lipinski definition) is 5. The Labute approximate surface area is 164 Å². The number of aliphatic imine (C=N–C) groups is 1. The van der Waals surface area contributed by atoms with Crippen LogP contribution >= 0.6 is 0 Å². The van der Waals surface area contributed by atoms with Gasteiger partial charge in [0, 0.05) is 11.1 Å². The highest BCUT2D eigenvalue weighted by Crippen LogP contribution is 2.33. The molecule has 3 rings (SSSR count).